The van der Waals surface area contributed by atoms with Crippen LogP contribution in [0.15, 0.2) is 22.2 Å². The smallest absolute Gasteiger partial charge is 0.328 e. The molecule has 1 unspecified atom stereocenters. The van der Waals surface area contributed by atoms with Crippen LogP contribution in [0.5, 0.6) is 0 Å². The molecule has 9 heteroatoms. The van der Waals surface area contributed by atoms with Gasteiger partial charge in [-0.25, -0.2) is 9.78 Å². The Morgan fingerprint density at radius 3 is 2.74 bits per heavy atom. The van der Waals surface area contributed by atoms with E-state index in [9.17, 15) is 9.59 Å². The summed E-state index contributed by atoms with van der Waals surface area (Å²) in [6.45, 7) is 8.28. The molecule has 0 aliphatic carbocycles. The summed E-state index contributed by atoms with van der Waals surface area (Å²) >= 11 is 3.42. The van der Waals surface area contributed by atoms with E-state index in [1.807, 2.05) is 6.92 Å². The topological polar surface area (TPSA) is 68.4 Å². The van der Waals surface area contributed by atoms with Crippen molar-refractivity contribution in [3.63, 3.8) is 0 Å². The molecule has 7 nitrogen and oxygen atoms in total. The van der Waals surface area contributed by atoms with Crippen molar-refractivity contribution in [1.82, 2.24) is 9.88 Å². The quantitative estimate of drug-likeness (QED) is 0.571. The van der Waals surface area contributed by atoms with Crippen molar-refractivity contribution < 1.29 is 24.1 Å². The normalized spacial score (nSPS) is 24.2. The fourth-order valence-corrected chi connectivity index (χ4v) is 6.03. The van der Waals surface area contributed by atoms with Gasteiger partial charge in [-0.1, -0.05) is 0 Å². The first kappa shape index (κ1) is 22.4. The Bertz CT molecular complexity index is 862. The molecular weight excluding hydrogens is 432 g/mol. The summed E-state index contributed by atoms with van der Waals surface area (Å²) in [7, 11) is 0. The molecule has 2 aromatic rings. The van der Waals surface area contributed by atoms with E-state index in [0.29, 0.717) is 19.7 Å². The third kappa shape index (κ3) is 5.71. The van der Waals surface area contributed by atoms with Gasteiger partial charge in [0.2, 0.25) is 0 Å². The zero-order valence-corrected chi connectivity index (χ0v) is 19.7. The van der Waals surface area contributed by atoms with Crippen LogP contribution in [0, 0.1) is 0 Å². The molecule has 0 spiro atoms. The van der Waals surface area contributed by atoms with E-state index in [1.54, 1.807) is 27.6 Å². The number of nitrogens with zero attached hydrogens (tertiary/aromatic N) is 2. The summed E-state index contributed by atoms with van der Waals surface area (Å²) in [4.78, 5) is 34.7. The van der Waals surface area contributed by atoms with Crippen LogP contribution >= 0.6 is 22.7 Å². The number of hydrogen-bond donors (Lipinski definition) is 2. The molecule has 2 saturated heterocycles. The van der Waals surface area contributed by atoms with Crippen LogP contribution in [0.2, 0.25) is 0 Å². The summed E-state index contributed by atoms with van der Waals surface area (Å²) in [5.74, 6) is -0.152. The van der Waals surface area contributed by atoms with E-state index >= 15 is 0 Å². The molecule has 1 amide bonds. The minimum atomic E-state index is -0.394. The Morgan fingerprint density at radius 1 is 1.19 bits per heavy atom. The molecule has 168 valence electrons. The number of piperidine rings is 1. The van der Waals surface area contributed by atoms with Gasteiger partial charge in [-0.3, -0.25) is 4.79 Å². The van der Waals surface area contributed by atoms with Crippen LogP contribution in [-0.4, -0.2) is 73.7 Å². The molecular formula is C22H32N4O3S2+2. The maximum atomic E-state index is 13.0. The van der Waals surface area contributed by atoms with E-state index in [4.69, 9.17) is 9.72 Å². The van der Waals surface area contributed by atoms with Gasteiger partial charge in [-0.15, -0.1) is 11.3 Å². The standard InChI is InChI=1S/C22H30N4O3S2/c1-2-29-22(28)19-5-3-4-7-26(19)20(27)14-25-10-8-24(9-11-25)13-18-16-31-21(23-18)17-6-12-30-15-17/h6,12,15-16,19H,2-5,7-11,13-14H2,1H3/p+2. The molecule has 0 aromatic carbocycles. The lowest BCUT2D eigenvalue weighted by Crippen LogP contribution is -3.28. The molecule has 2 N–H and O–H groups in total. The maximum Gasteiger partial charge on any atom is 0.328 e. The monoisotopic (exact) mass is 464 g/mol. The number of esters is 1. The second-order valence-electron chi connectivity index (χ2n) is 8.36. The Labute approximate surface area is 191 Å². The van der Waals surface area contributed by atoms with E-state index in [1.165, 1.54) is 15.4 Å². The van der Waals surface area contributed by atoms with Gasteiger partial charge in [0.1, 0.15) is 49.5 Å². The first-order valence-corrected chi connectivity index (χ1v) is 13.1. The molecule has 0 saturated carbocycles. The number of carbonyl (C=O) groups excluding carboxylic acids is 2. The predicted octanol–water partition coefficient (Wildman–Crippen LogP) is 0.0992. The molecule has 2 aliphatic rings. The largest absolute Gasteiger partial charge is 0.464 e. The molecule has 2 aromatic heterocycles. The number of rotatable bonds is 7. The van der Waals surface area contributed by atoms with Crippen LogP contribution in [0.3, 0.4) is 0 Å². The van der Waals surface area contributed by atoms with Crippen LogP contribution < -0.4 is 9.80 Å². The van der Waals surface area contributed by atoms with Crippen LogP contribution in [0.4, 0.5) is 0 Å². The van der Waals surface area contributed by atoms with Gasteiger partial charge in [0.15, 0.2) is 6.54 Å². The number of nitrogens with one attached hydrogen (secondary N) is 2. The molecule has 2 aliphatic heterocycles. The number of likely N-dealkylation sites (tertiary alicyclic amines) is 1. The molecule has 0 bridgehead atoms. The number of quaternary nitrogens is 2. The highest BCUT2D eigenvalue weighted by Crippen LogP contribution is 2.25. The number of ether oxygens (including phenoxy) is 1. The number of thiazole rings is 1. The number of thiophene rings is 1. The third-order valence-electron chi connectivity index (χ3n) is 6.20. The lowest BCUT2D eigenvalue weighted by molar-refractivity contribution is -1.02. The predicted molar refractivity (Wildman–Crippen MR) is 121 cm³/mol. The van der Waals surface area contributed by atoms with Gasteiger partial charge in [-0.2, -0.15) is 11.3 Å². The molecule has 0 radical (unpaired) electrons. The summed E-state index contributed by atoms with van der Waals surface area (Å²) in [5, 5.41) is 7.50. The van der Waals surface area contributed by atoms with Crippen molar-refractivity contribution in [2.24, 2.45) is 0 Å². The zero-order chi connectivity index (χ0) is 21.6. The van der Waals surface area contributed by atoms with Crippen molar-refractivity contribution in [3.8, 4) is 10.6 Å². The van der Waals surface area contributed by atoms with Gasteiger partial charge in [0.05, 0.1) is 6.61 Å². The van der Waals surface area contributed by atoms with E-state index < -0.39 is 6.04 Å². The molecule has 4 rings (SSSR count). The number of aromatic nitrogens is 1. The second kappa shape index (κ2) is 10.7. The first-order chi connectivity index (χ1) is 15.1. The van der Waals surface area contributed by atoms with Crippen molar-refractivity contribution in [2.75, 3.05) is 45.9 Å². The van der Waals surface area contributed by atoms with Gasteiger partial charge < -0.3 is 19.4 Å². The minimum absolute atomic E-state index is 0.0936. The maximum absolute atomic E-state index is 13.0. The molecule has 2 fully saturated rings. The van der Waals surface area contributed by atoms with Crippen LogP contribution in [0.25, 0.3) is 10.6 Å². The Kier molecular flexibility index (Phi) is 7.71. The van der Waals surface area contributed by atoms with Crippen molar-refractivity contribution in [2.45, 2.75) is 38.8 Å². The third-order valence-corrected chi connectivity index (χ3v) is 7.82. The Morgan fingerprint density at radius 2 is 2.00 bits per heavy atom. The van der Waals surface area contributed by atoms with Crippen LogP contribution in [-0.2, 0) is 20.9 Å². The van der Waals surface area contributed by atoms with Crippen molar-refractivity contribution in [3.05, 3.63) is 27.9 Å². The molecule has 1 atom stereocenters. The van der Waals surface area contributed by atoms with Gasteiger partial charge in [0, 0.05) is 22.9 Å². The van der Waals surface area contributed by atoms with Gasteiger partial charge >= 0.3 is 5.97 Å². The fraction of sp³-hybridized carbons (Fsp3) is 0.591. The average molecular weight is 465 g/mol. The van der Waals surface area contributed by atoms with Crippen molar-refractivity contribution in [1.29, 1.82) is 0 Å². The SMILES string of the molecule is CCOC(=O)C1CCCCN1C(=O)C[NH+]1CC[NH+](Cc2csc(-c3ccsc3)n2)CC1. The average Bonchev–Trinajstić information content (AvgIpc) is 3.47. The van der Waals surface area contributed by atoms with Gasteiger partial charge in [0.25, 0.3) is 5.91 Å². The second-order valence-corrected chi connectivity index (χ2v) is 10.00. The zero-order valence-electron chi connectivity index (χ0n) is 18.1. The summed E-state index contributed by atoms with van der Waals surface area (Å²) < 4.78 is 5.20. The lowest BCUT2D eigenvalue weighted by atomic mass is 10.0. The first-order valence-electron chi connectivity index (χ1n) is 11.2. The number of carbonyl (C=O) groups is 2. The number of amides is 1. The van der Waals surface area contributed by atoms with E-state index in [0.717, 1.165) is 62.7 Å². The Balaban J connectivity index is 1.25. The number of hydrogen-bond acceptors (Lipinski definition) is 6. The van der Waals surface area contributed by atoms with Gasteiger partial charge in [-0.05, 0) is 37.6 Å². The highest BCUT2D eigenvalue weighted by molar-refractivity contribution is 7.14. The lowest BCUT2D eigenvalue weighted by Gasteiger charge is -2.35. The molecule has 4 heterocycles. The summed E-state index contributed by atoms with van der Waals surface area (Å²) in [6, 6.07) is 1.73. The Hall–Kier alpha value is -1.81. The molecule has 31 heavy (non-hydrogen) atoms. The summed E-state index contributed by atoms with van der Waals surface area (Å²) in [5.41, 5.74) is 2.37. The van der Waals surface area contributed by atoms with E-state index in [2.05, 4.69) is 22.2 Å². The van der Waals surface area contributed by atoms with Crippen molar-refractivity contribution >= 4 is 34.6 Å². The van der Waals surface area contributed by atoms with Crippen LogP contribution in [0.1, 0.15) is 31.9 Å². The highest BCUT2D eigenvalue weighted by Gasteiger charge is 2.35. The number of piperazine rings is 1. The van der Waals surface area contributed by atoms with E-state index in [-0.39, 0.29) is 11.9 Å². The fourth-order valence-electron chi connectivity index (χ4n) is 4.50. The minimum Gasteiger partial charge on any atom is -0.464 e. The highest BCUT2D eigenvalue weighted by atomic mass is 32.1. The summed E-state index contributed by atoms with van der Waals surface area (Å²) in [6.07, 6.45) is 2.67.